The number of halogens is 6. The first kappa shape index (κ1) is 19.5. The largest absolute Gasteiger partial charge is 0.451 e. The van der Waals surface area contributed by atoms with Crippen LogP contribution < -0.4 is 4.74 Å². The number of alkyl halides is 5. The molecule has 0 radical (unpaired) electrons. The molecule has 2 aliphatic heterocycles. The summed E-state index contributed by atoms with van der Waals surface area (Å²) < 4.78 is 75.4. The van der Waals surface area contributed by atoms with Crippen molar-refractivity contribution in [1.82, 2.24) is 24.3 Å². The molecule has 0 aliphatic carbocycles. The third-order valence-electron chi connectivity index (χ3n) is 5.85. The quantitative estimate of drug-likeness (QED) is 0.367. The van der Waals surface area contributed by atoms with E-state index in [0.29, 0.717) is 27.4 Å². The van der Waals surface area contributed by atoms with Crippen molar-refractivity contribution in [3.05, 3.63) is 58.6 Å². The second-order valence-corrected chi connectivity index (χ2v) is 7.99. The van der Waals surface area contributed by atoms with Gasteiger partial charge in [-0.1, -0.05) is 23.7 Å². The molecular weight excluding hydrogens is 457 g/mol. The van der Waals surface area contributed by atoms with Gasteiger partial charge in [-0.15, -0.1) is 10.2 Å². The van der Waals surface area contributed by atoms with E-state index in [2.05, 4.69) is 15.2 Å². The first-order valence-electron chi connectivity index (χ1n) is 9.51. The van der Waals surface area contributed by atoms with Crippen molar-refractivity contribution < 1.29 is 26.7 Å². The Morgan fingerprint density at radius 3 is 2.62 bits per heavy atom. The van der Waals surface area contributed by atoms with Crippen molar-refractivity contribution in [2.45, 2.75) is 31.3 Å². The van der Waals surface area contributed by atoms with Crippen molar-refractivity contribution in [2.75, 3.05) is 0 Å². The highest BCUT2D eigenvalue weighted by molar-refractivity contribution is 6.31. The Morgan fingerprint density at radius 2 is 1.88 bits per heavy atom. The van der Waals surface area contributed by atoms with Crippen LogP contribution in [-0.2, 0) is 6.18 Å². The molecule has 4 aromatic rings. The Morgan fingerprint density at radius 1 is 1.06 bits per heavy atom. The summed E-state index contributed by atoms with van der Waals surface area (Å²) in [5, 5.41) is 7.61. The maximum absolute atomic E-state index is 13.8. The highest BCUT2D eigenvalue weighted by atomic mass is 35.5. The van der Waals surface area contributed by atoms with Gasteiger partial charge >= 0.3 is 12.8 Å². The number of nitrogens with zero attached hydrogens (tertiary/aromatic N) is 5. The van der Waals surface area contributed by atoms with Gasteiger partial charge in [0.25, 0.3) is 0 Å². The lowest BCUT2D eigenvalue weighted by atomic mass is 9.97. The third-order valence-corrected chi connectivity index (χ3v) is 6.09. The molecule has 2 atom stereocenters. The fourth-order valence-electron chi connectivity index (χ4n) is 4.78. The lowest BCUT2D eigenvalue weighted by Gasteiger charge is -2.21. The van der Waals surface area contributed by atoms with E-state index in [1.165, 1.54) is 18.2 Å². The molecule has 0 fully saturated rings. The number of benzene rings is 2. The first-order chi connectivity index (χ1) is 15.2. The van der Waals surface area contributed by atoms with Crippen LogP contribution in [0.4, 0.5) is 22.0 Å². The van der Waals surface area contributed by atoms with E-state index >= 15 is 0 Å². The third kappa shape index (κ3) is 2.60. The summed E-state index contributed by atoms with van der Waals surface area (Å²) in [5.41, 5.74) is 1.66. The summed E-state index contributed by atoms with van der Waals surface area (Å²) in [6.07, 6.45) is -4.64. The molecule has 4 heterocycles. The van der Waals surface area contributed by atoms with Crippen molar-refractivity contribution in [3.63, 3.8) is 0 Å². The van der Waals surface area contributed by atoms with Crippen LogP contribution in [0.2, 0.25) is 5.02 Å². The van der Waals surface area contributed by atoms with E-state index in [9.17, 15) is 22.0 Å². The van der Waals surface area contributed by atoms with Gasteiger partial charge in [-0.25, -0.2) is 4.98 Å². The minimum atomic E-state index is -4.77. The minimum Gasteiger partial charge on any atom is -0.434 e. The molecule has 0 unspecified atom stereocenters. The average Bonchev–Trinajstić information content (AvgIpc) is 3.36. The van der Waals surface area contributed by atoms with Gasteiger partial charge < -0.3 is 9.30 Å². The second kappa shape index (κ2) is 6.41. The number of hydrogen-bond acceptors (Lipinski definition) is 4. The van der Waals surface area contributed by atoms with Crippen LogP contribution in [0.5, 0.6) is 5.75 Å². The lowest BCUT2D eigenvalue weighted by molar-refractivity contribution is -0.147. The molecule has 2 aromatic carbocycles. The molecule has 2 bridgehead atoms. The monoisotopic (exact) mass is 467 g/mol. The molecule has 0 saturated heterocycles. The van der Waals surface area contributed by atoms with E-state index in [0.717, 1.165) is 4.57 Å². The molecular formula is C20H11ClF5N5O. The van der Waals surface area contributed by atoms with Gasteiger partial charge in [-0.2, -0.15) is 22.0 Å². The van der Waals surface area contributed by atoms with Crippen LogP contribution in [0.15, 0.2) is 36.4 Å². The van der Waals surface area contributed by atoms with Gasteiger partial charge in [0.2, 0.25) is 5.82 Å². The summed E-state index contributed by atoms with van der Waals surface area (Å²) in [6.45, 7) is -3.11. The van der Waals surface area contributed by atoms with Crippen LogP contribution in [0.25, 0.3) is 22.4 Å². The summed E-state index contributed by atoms with van der Waals surface area (Å²) >= 11 is 6.16. The number of ether oxygens (including phenoxy) is 1. The molecule has 6 nitrogen and oxygen atoms in total. The van der Waals surface area contributed by atoms with Gasteiger partial charge in [0.05, 0.1) is 23.1 Å². The Balaban J connectivity index is 1.73. The van der Waals surface area contributed by atoms with Crippen LogP contribution >= 0.6 is 11.6 Å². The molecule has 0 amide bonds. The van der Waals surface area contributed by atoms with Gasteiger partial charge in [-0.05, 0) is 24.3 Å². The van der Waals surface area contributed by atoms with Crippen LogP contribution in [0.1, 0.15) is 35.7 Å². The molecule has 0 spiro atoms. The number of hydrogen-bond donors (Lipinski definition) is 0. The molecule has 0 saturated carbocycles. The molecule has 6 rings (SSSR count). The topological polar surface area (TPSA) is 57.8 Å². The van der Waals surface area contributed by atoms with Gasteiger partial charge in [-0.3, -0.25) is 4.57 Å². The molecule has 2 aliphatic rings. The van der Waals surface area contributed by atoms with E-state index in [-0.39, 0.29) is 23.6 Å². The minimum absolute atomic E-state index is 0.0733. The summed E-state index contributed by atoms with van der Waals surface area (Å²) in [6, 6.07) is 7.78. The summed E-state index contributed by atoms with van der Waals surface area (Å²) in [4.78, 5) is 4.56. The van der Waals surface area contributed by atoms with E-state index < -0.39 is 30.7 Å². The SMILES string of the molecule is FC(F)Oc1cccc2c1[C@H]1C[C@H](c3nc4ccc(Cl)cc4n31)n1c-2nnc1C(F)(F)F. The predicted octanol–water partition coefficient (Wildman–Crippen LogP) is 5.46. The smallest absolute Gasteiger partial charge is 0.434 e. The van der Waals surface area contributed by atoms with E-state index in [1.54, 1.807) is 22.8 Å². The maximum Gasteiger partial charge on any atom is 0.451 e. The first-order valence-corrected chi connectivity index (χ1v) is 9.89. The highest BCUT2D eigenvalue weighted by Gasteiger charge is 2.48. The Bertz CT molecular complexity index is 1400. The van der Waals surface area contributed by atoms with Gasteiger partial charge in [0.15, 0.2) is 5.82 Å². The van der Waals surface area contributed by atoms with Crippen molar-refractivity contribution in [2.24, 2.45) is 0 Å². The number of imidazole rings is 1. The Kier molecular flexibility index (Phi) is 3.90. The number of rotatable bonds is 2. The zero-order valence-corrected chi connectivity index (χ0v) is 16.6. The Labute approximate surface area is 181 Å². The fourth-order valence-corrected chi connectivity index (χ4v) is 4.95. The molecule has 164 valence electrons. The van der Waals surface area contributed by atoms with Crippen molar-refractivity contribution in [1.29, 1.82) is 0 Å². The van der Waals surface area contributed by atoms with Crippen LogP contribution in [-0.4, -0.2) is 30.9 Å². The van der Waals surface area contributed by atoms with E-state index in [4.69, 9.17) is 16.3 Å². The average molecular weight is 468 g/mol. The second-order valence-electron chi connectivity index (χ2n) is 7.55. The summed E-state index contributed by atoms with van der Waals surface area (Å²) in [5.74, 6) is -1.04. The van der Waals surface area contributed by atoms with Gasteiger partial charge in [0, 0.05) is 22.6 Å². The standard InChI is InChI=1S/C20H11ClF5N5O/c21-8-4-5-10-11(6-8)30-12-7-13(17(30)27-10)31-16(28-29-18(31)20(24,25)26)9-2-1-3-14(15(9)12)32-19(22)23/h1-6,12-13,19H,7H2/t12-,13-/m1/s1. The Hall–Kier alpha value is -3.21. The molecule has 12 heteroatoms. The zero-order chi connectivity index (χ0) is 22.4. The number of aromatic nitrogens is 5. The fraction of sp³-hybridized carbons (Fsp3) is 0.250. The van der Waals surface area contributed by atoms with E-state index in [1.807, 2.05) is 0 Å². The van der Waals surface area contributed by atoms with Crippen molar-refractivity contribution >= 4 is 22.6 Å². The highest BCUT2D eigenvalue weighted by Crippen LogP contribution is 2.53. The van der Waals surface area contributed by atoms with Gasteiger partial charge in [0.1, 0.15) is 11.6 Å². The molecule has 32 heavy (non-hydrogen) atoms. The normalized spacial score (nSPS) is 19.1. The lowest BCUT2D eigenvalue weighted by Crippen LogP contribution is -2.20. The summed E-state index contributed by atoms with van der Waals surface area (Å²) in [7, 11) is 0. The maximum atomic E-state index is 13.8. The molecule has 2 aromatic heterocycles. The van der Waals surface area contributed by atoms with Crippen LogP contribution in [0.3, 0.4) is 0 Å². The molecule has 0 N–H and O–H groups in total. The predicted molar refractivity (Wildman–Crippen MR) is 103 cm³/mol. The zero-order valence-electron chi connectivity index (χ0n) is 15.8. The number of fused-ring (bicyclic) bond motifs is 6. The van der Waals surface area contributed by atoms with Crippen molar-refractivity contribution in [3.8, 4) is 17.1 Å². The van der Waals surface area contributed by atoms with Crippen LogP contribution in [0, 0.1) is 0 Å².